The molecule has 2 aromatic rings. The van der Waals surface area contributed by atoms with Crippen LogP contribution in [-0.4, -0.2) is 66.8 Å². The number of carbonyl (C=O) groups excluding carboxylic acids is 2. The number of benzene rings is 1. The number of ketones is 2. The van der Waals surface area contributed by atoms with E-state index in [9.17, 15) is 9.59 Å². The van der Waals surface area contributed by atoms with Crippen LogP contribution < -0.4 is 0 Å². The second-order valence-electron chi connectivity index (χ2n) is 9.15. The van der Waals surface area contributed by atoms with Crippen LogP contribution in [0.25, 0.3) is 11.3 Å². The molecule has 1 aromatic heterocycles. The minimum Gasteiger partial charge on any atom is -0.459 e. The summed E-state index contributed by atoms with van der Waals surface area (Å²) in [5, 5.41) is 0. The van der Waals surface area contributed by atoms with Gasteiger partial charge < -0.3 is 9.15 Å². The topological polar surface area (TPSA) is 63.0 Å². The molecule has 6 heteroatoms. The molecule has 2 fully saturated rings. The Hall–Kier alpha value is -2.28. The zero-order chi connectivity index (χ0) is 21.7. The van der Waals surface area contributed by atoms with Gasteiger partial charge in [-0.2, -0.15) is 0 Å². The molecule has 0 saturated carbocycles. The number of furan rings is 1. The lowest BCUT2D eigenvalue weighted by Gasteiger charge is -2.39. The van der Waals surface area contributed by atoms with Crippen LogP contribution in [0.15, 0.2) is 16.5 Å². The Kier molecular flexibility index (Phi) is 5.32. The molecule has 0 unspecified atom stereocenters. The van der Waals surface area contributed by atoms with E-state index in [-0.39, 0.29) is 0 Å². The van der Waals surface area contributed by atoms with Crippen LogP contribution in [0.3, 0.4) is 0 Å². The second-order valence-corrected chi connectivity index (χ2v) is 9.15. The molecule has 3 aliphatic rings. The van der Waals surface area contributed by atoms with Gasteiger partial charge in [-0.15, -0.1) is 0 Å². The first-order valence-electron chi connectivity index (χ1n) is 11.3. The van der Waals surface area contributed by atoms with Crippen molar-refractivity contribution in [1.29, 1.82) is 0 Å². The Balaban J connectivity index is 1.37. The number of Topliss-reactive ketones (excluding diaryl/α,β-unsaturated/α-hetero) is 2. The molecule has 3 heterocycles. The van der Waals surface area contributed by atoms with Gasteiger partial charge in [0, 0.05) is 48.9 Å². The maximum absolute atomic E-state index is 12.9. The number of piperidine rings is 1. The summed E-state index contributed by atoms with van der Waals surface area (Å²) in [6.45, 7) is 12.3. The number of rotatable bonds is 3. The van der Waals surface area contributed by atoms with Crippen LogP contribution >= 0.6 is 0 Å². The summed E-state index contributed by atoms with van der Waals surface area (Å²) < 4.78 is 11.8. The van der Waals surface area contributed by atoms with Gasteiger partial charge in [-0.3, -0.25) is 19.4 Å². The molecule has 2 saturated heterocycles. The summed E-state index contributed by atoms with van der Waals surface area (Å²) in [6, 6.07) is 4.43. The monoisotopic (exact) mass is 422 g/mol. The maximum atomic E-state index is 12.9. The number of fused-ring (bicyclic) bond motifs is 3. The van der Waals surface area contributed by atoms with E-state index in [1.807, 2.05) is 32.9 Å². The number of likely N-dealkylation sites (tertiary alicyclic amines) is 1. The Morgan fingerprint density at radius 3 is 2.23 bits per heavy atom. The number of hydrogen-bond acceptors (Lipinski definition) is 6. The summed E-state index contributed by atoms with van der Waals surface area (Å²) in [4.78, 5) is 30.6. The Morgan fingerprint density at radius 2 is 1.55 bits per heavy atom. The fourth-order valence-corrected chi connectivity index (χ4v) is 5.19. The highest BCUT2D eigenvalue weighted by molar-refractivity contribution is 6.53. The lowest BCUT2D eigenvalue weighted by molar-refractivity contribution is -0.000258. The molecule has 0 atom stereocenters. The molecule has 5 rings (SSSR count). The molecule has 0 N–H and O–H groups in total. The molecule has 2 aliphatic heterocycles. The van der Waals surface area contributed by atoms with Crippen LogP contribution in [0.1, 0.15) is 56.0 Å². The van der Waals surface area contributed by atoms with Crippen molar-refractivity contribution in [3.05, 3.63) is 45.7 Å². The molecule has 0 spiro atoms. The first kappa shape index (κ1) is 20.6. The van der Waals surface area contributed by atoms with Crippen LogP contribution in [-0.2, 0) is 11.3 Å². The van der Waals surface area contributed by atoms with Gasteiger partial charge in [0.1, 0.15) is 11.5 Å². The molecule has 1 aromatic carbocycles. The molecule has 31 heavy (non-hydrogen) atoms. The molecule has 6 nitrogen and oxygen atoms in total. The van der Waals surface area contributed by atoms with Gasteiger partial charge in [-0.1, -0.05) is 0 Å². The van der Waals surface area contributed by atoms with Crippen molar-refractivity contribution in [1.82, 2.24) is 9.80 Å². The smallest absolute Gasteiger partial charge is 0.237 e. The lowest BCUT2D eigenvalue weighted by atomic mass is 9.85. The highest BCUT2D eigenvalue weighted by atomic mass is 16.5. The van der Waals surface area contributed by atoms with Gasteiger partial charge in [0.05, 0.1) is 25.3 Å². The standard InChI is InChI=1S/C25H30N2O4/c1-15-12-19-20(13-16(15)2)25-22(24(29)23(19)28)17(3)21(31-25)14-26-6-4-18(5-7-26)27-8-10-30-11-9-27/h12-13,18H,4-11,14H2,1-3H3. The Bertz CT molecular complexity index is 1040. The predicted molar refractivity (Wildman–Crippen MR) is 118 cm³/mol. The van der Waals surface area contributed by atoms with E-state index >= 15 is 0 Å². The summed E-state index contributed by atoms with van der Waals surface area (Å²) in [6.07, 6.45) is 2.27. The van der Waals surface area contributed by atoms with E-state index in [0.717, 1.165) is 80.2 Å². The molecule has 1 aliphatic carbocycles. The van der Waals surface area contributed by atoms with E-state index in [1.165, 1.54) is 0 Å². The number of nitrogens with zero attached hydrogens (tertiary/aromatic N) is 2. The van der Waals surface area contributed by atoms with Gasteiger partial charge in [0.2, 0.25) is 11.6 Å². The van der Waals surface area contributed by atoms with Gasteiger partial charge in [-0.25, -0.2) is 0 Å². The summed E-state index contributed by atoms with van der Waals surface area (Å²) in [5.41, 5.74) is 4.59. The normalized spacial score (nSPS) is 20.7. The molecular weight excluding hydrogens is 392 g/mol. The first-order chi connectivity index (χ1) is 14.9. The van der Waals surface area contributed by atoms with E-state index < -0.39 is 11.6 Å². The van der Waals surface area contributed by atoms with Crippen LogP contribution in [0.2, 0.25) is 0 Å². The van der Waals surface area contributed by atoms with Crippen molar-refractivity contribution >= 4 is 11.6 Å². The number of carbonyl (C=O) groups is 2. The van der Waals surface area contributed by atoms with Gasteiger partial charge in [0.15, 0.2) is 0 Å². The van der Waals surface area contributed by atoms with Crippen LogP contribution in [0.5, 0.6) is 0 Å². The van der Waals surface area contributed by atoms with E-state index in [1.54, 1.807) is 0 Å². The molecule has 0 radical (unpaired) electrons. The van der Waals surface area contributed by atoms with Crippen molar-refractivity contribution in [3.8, 4) is 11.3 Å². The minimum atomic E-state index is -0.440. The van der Waals surface area contributed by atoms with E-state index in [4.69, 9.17) is 9.15 Å². The van der Waals surface area contributed by atoms with E-state index in [2.05, 4.69) is 9.80 Å². The van der Waals surface area contributed by atoms with Crippen LogP contribution in [0.4, 0.5) is 0 Å². The zero-order valence-electron chi connectivity index (χ0n) is 18.6. The first-order valence-corrected chi connectivity index (χ1v) is 11.3. The van der Waals surface area contributed by atoms with Crippen LogP contribution in [0, 0.1) is 20.8 Å². The van der Waals surface area contributed by atoms with Crippen molar-refractivity contribution in [2.75, 3.05) is 39.4 Å². The average molecular weight is 423 g/mol. The average Bonchev–Trinajstić information content (AvgIpc) is 3.11. The summed E-state index contributed by atoms with van der Waals surface area (Å²) >= 11 is 0. The summed E-state index contributed by atoms with van der Waals surface area (Å²) in [5.74, 6) is 0.511. The van der Waals surface area contributed by atoms with Crippen molar-refractivity contribution in [3.63, 3.8) is 0 Å². The third-order valence-electron chi connectivity index (χ3n) is 7.29. The number of aryl methyl sites for hydroxylation is 2. The molecule has 0 amide bonds. The van der Waals surface area contributed by atoms with Gasteiger partial charge in [-0.05, 0) is 56.9 Å². The number of ether oxygens (including phenoxy) is 1. The SMILES string of the molecule is Cc1cc2c(cc1C)-c1oc(CN3CCC(N4CCOCC4)CC3)c(C)c1C(=O)C2=O. The highest BCUT2D eigenvalue weighted by Gasteiger charge is 2.37. The lowest BCUT2D eigenvalue weighted by Crippen LogP contribution is -2.48. The fourth-order valence-electron chi connectivity index (χ4n) is 5.19. The summed E-state index contributed by atoms with van der Waals surface area (Å²) in [7, 11) is 0. The largest absolute Gasteiger partial charge is 0.459 e. The highest BCUT2D eigenvalue weighted by Crippen LogP contribution is 2.40. The second kappa shape index (κ2) is 8.01. The third-order valence-corrected chi connectivity index (χ3v) is 7.29. The number of morpholine rings is 1. The molecule has 164 valence electrons. The van der Waals surface area contributed by atoms with Crippen molar-refractivity contribution in [2.24, 2.45) is 0 Å². The van der Waals surface area contributed by atoms with Gasteiger partial charge >= 0.3 is 0 Å². The predicted octanol–water partition coefficient (Wildman–Crippen LogP) is 3.55. The Labute approximate surface area is 183 Å². The van der Waals surface area contributed by atoms with Gasteiger partial charge in [0.25, 0.3) is 0 Å². The maximum Gasteiger partial charge on any atom is 0.237 e. The fraction of sp³-hybridized carbons (Fsp3) is 0.520. The van der Waals surface area contributed by atoms with Crippen molar-refractivity contribution in [2.45, 2.75) is 46.2 Å². The third kappa shape index (κ3) is 3.56. The molecular formula is C25H30N2O4. The van der Waals surface area contributed by atoms with E-state index in [0.29, 0.717) is 29.5 Å². The Morgan fingerprint density at radius 1 is 0.903 bits per heavy atom. The molecule has 0 bridgehead atoms. The quantitative estimate of drug-likeness (QED) is 0.705. The van der Waals surface area contributed by atoms with Crippen molar-refractivity contribution < 1.29 is 18.7 Å². The zero-order valence-corrected chi connectivity index (χ0v) is 18.6. The minimum absolute atomic E-state index is 0.424. The number of hydrogen-bond donors (Lipinski definition) is 0.